The average Bonchev–Trinajstić information content (AvgIpc) is 1.40. The zero-order valence-corrected chi connectivity index (χ0v) is 48.6. The number of benzene rings is 12. The number of para-hydroxylation sites is 2. The molecule has 0 bridgehead atoms. The van der Waals surface area contributed by atoms with Gasteiger partial charge in [0.1, 0.15) is 0 Å². The molecule has 2 heterocycles. The van der Waals surface area contributed by atoms with E-state index in [4.69, 9.17) is 0 Å². The maximum atomic E-state index is 2.66. The van der Waals surface area contributed by atoms with Gasteiger partial charge in [-0.3, -0.25) is 0 Å². The third kappa shape index (κ3) is 8.00. The number of nitrogens with zero attached hydrogens (tertiary/aromatic N) is 2. The molecule has 12 aromatic carbocycles. The Bertz CT molecular complexity index is 4400. The molecule has 0 N–H and O–H groups in total. The first-order valence-corrected chi connectivity index (χ1v) is 29.8. The predicted molar refractivity (Wildman–Crippen MR) is 357 cm³/mol. The molecule has 0 saturated carbocycles. The van der Waals surface area contributed by atoms with Crippen LogP contribution in [0, 0.1) is 0 Å². The van der Waals surface area contributed by atoms with Crippen molar-refractivity contribution < 1.29 is 0 Å². The van der Waals surface area contributed by atoms with Gasteiger partial charge >= 0.3 is 0 Å². The normalized spacial score (nSPS) is 13.6. The van der Waals surface area contributed by atoms with E-state index < -0.39 is 5.41 Å². The van der Waals surface area contributed by atoms with Crippen LogP contribution in [0.3, 0.4) is 0 Å². The van der Waals surface area contributed by atoms with E-state index >= 15 is 0 Å². The van der Waals surface area contributed by atoms with Crippen molar-refractivity contribution >= 4 is 57.2 Å². The molecule has 2 nitrogen and oxygen atoms in total. The van der Waals surface area contributed by atoms with E-state index in [0.717, 1.165) is 5.69 Å². The van der Waals surface area contributed by atoms with Crippen molar-refractivity contribution in [2.24, 2.45) is 0 Å². The molecule has 1 aliphatic carbocycles. The third-order valence-corrected chi connectivity index (χ3v) is 18.2. The van der Waals surface area contributed by atoms with Gasteiger partial charge in [-0.05, 0) is 142 Å². The molecule has 0 atom stereocenters. The smallest absolute Gasteiger partial charge is 0.252 e. The van der Waals surface area contributed by atoms with E-state index in [9.17, 15) is 0 Å². The van der Waals surface area contributed by atoms with Gasteiger partial charge in [-0.25, -0.2) is 0 Å². The molecule has 0 unspecified atom stereocenters. The Morgan fingerprint density at radius 1 is 0.298 bits per heavy atom. The Balaban J connectivity index is 1.06. The molecule has 15 rings (SSSR count). The fourth-order valence-corrected chi connectivity index (χ4v) is 14.3. The topological polar surface area (TPSA) is 6.48 Å². The van der Waals surface area contributed by atoms with Gasteiger partial charge in [0.05, 0.1) is 16.8 Å². The summed E-state index contributed by atoms with van der Waals surface area (Å²) in [4.78, 5) is 5.31. The largest absolute Gasteiger partial charge is 0.311 e. The molecule has 3 heteroatoms. The van der Waals surface area contributed by atoms with Gasteiger partial charge in [0, 0.05) is 39.4 Å². The summed E-state index contributed by atoms with van der Waals surface area (Å²) in [5, 5.41) is 0. The Morgan fingerprint density at radius 3 is 1.32 bits per heavy atom. The predicted octanol–water partition coefficient (Wildman–Crippen LogP) is 19.4. The second-order valence-electron chi connectivity index (χ2n) is 25.2. The van der Waals surface area contributed by atoms with Crippen LogP contribution in [0.15, 0.2) is 285 Å². The second-order valence-corrected chi connectivity index (χ2v) is 25.2. The van der Waals surface area contributed by atoms with Crippen molar-refractivity contribution in [3.8, 4) is 55.6 Å². The van der Waals surface area contributed by atoms with Gasteiger partial charge in [0.15, 0.2) is 0 Å². The van der Waals surface area contributed by atoms with E-state index in [2.05, 4.69) is 336 Å². The summed E-state index contributed by atoms with van der Waals surface area (Å²) in [5.74, 6) is 0. The van der Waals surface area contributed by atoms with Crippen LogP contribution in [0.1, 0.15) is 74.9 Å². The number of anilines is 6. The standard InChI is InChI=1S/C81H65BN2/c1-79(2,3)60-50-66(55-31-14-8-15-32-55)78(67(51-60)56-33-16-9-17-34-56)84-72-46-27-25-44-69(72)82-70-48-47-57(63-41-28-42-65-64-40-22-24-43-68(64)81(76(63)65,58-35-18-10-19-36-58)59-37-20-11-21-38-59)49-73(70)83(74-52-61(80(4,5)6)53-75(84)77(74)82)71-45-26-23-39-62(71)54-29-12-7-13-30-54/h7-53H,1-6H3. The number of rotatable bonds is 8. The molecule has 0 spiro atoms. The Kier molecular flexibility index (Phi) is 12.0. The van der Waals surface area contributed by atoms with Crippen molar-refractivity contribution in [1.29, 1.82) is 0 Å². The summed E-state index contributed by atoms with van der Waals surface area (Å²) in [5.41, 5.74) is 29.8. The molecule has 0 fully saturated rings. The molecule has 84 heavy (non-hydrogen) atoms. The van der Waals surface area contributed by atoms with E-state index in [1.165, 1.54) is 134 Å². The summed E-state index contributed by atoms with van der Waals surface area (Å²) in [6, 6.07) is 108. The van der Waals surface area contributed by atoms with Gasteiger partial charge in [-0.2, -0.15) is 0 Å². The number of hydrogen-bond acceptors (Lipinski definition) is 2. The highest BCUT2D eigenvalue weighted by Crippen LogP contribution is 2.60. The number of hydrogen-bond donors (Lipinski definition) is 0. The first-order valence-electron chi connectivity index (χ1n) is 29.8. The lowest BCUT2D eigenvalue weighted by atomic mass is 9.33. The fraction of sp³-hybridized carbons (Fsp3) is 0.111. The van der Waals surface area contributed by atoms with Crippen molar-refractivity contribution in [1.82, 2.24) is 0 Å². The molecular formula is C81H65BN2. The van der Waals surface area contributed by atoms with E-state index in [1.807, 2.05) is 0 Å². The Morgan fingerprint density at radius 2 is 0.738 bits per heavy atom. The van der Waals surface area contributed by atoms with Gasteiger partial charge in [-0.1, -0.05) is 284 Å². The summed E-state index contributed by atoms with van der Waals surface area (Å²) >= 11 is 0. The van der Waals surface area contributed by atoms with Crippen molar-refractivity contribution in [2.45, 2.75) is 57.8 Å². The van der Waals surface area contributed by atoms with Crippen LogP contribution < -0.4 is 26.2 Å². The van der Waals surface area contributed by atoms with Crippen LogP contribution in [-0.2, 0) is 16.2 Å². The van der Waals surface area contributed by atoms with Crippen LogP contribution in [0.25, 0.3) is 55.6 Å². The minimum absolute atomic E-state index is 0.103. The van der Waals surface area contributed by atoms with Crippen molar-refractivity contribution in [3.63, 3.8) is 0 Å². The van der Waals surface area contributed by atoms with Crippen LogP contribution in [0.5, 0.6) is 0 Å². The summed E-state index contributed by atoms with van der Waals surface area (Å²) in [6.45, 7) is 14.0. The lowest BCUT2D eigenvalue weighted by Gasteiger charge is -2.46. The molecular weight excluding hydrogens is 1010 g/mol. The van der Waals surface area contributed by atoms with E-state index in [0.29, 0.717) is 0 Å². The highest BCUT2D eigenvalue weighted by Gasteiger charge is 2.49. The summed E-state index contributed by atoms with van der Waals surface area (Å²) in [7, 11) is 0. The van der Waals surface area contributed by atoms with Gasteiger partial charge in [0.2, 0.25) is 0 Å². The van der Waals surface area contributed by atoms with Gasteiger partial charge in [0.25, 0.3) is 6.71 Å². The minimum Gasteiger partial charge on any atom is -0.311 e. The molecule has 0 radical (unpaired) electrons. The molecule has 3 aliphatic rings. The monoisotopic (exact) mass is 1080 g/mol. The first-order chi connectivity index (χ1) is 41.0. The van der Waals surface area contributed by atoms with E-state index in [1.54, 1.807) is 0 Å². The van der Waals surface area contributed by atoms with Crippen LogP contribution in [-0.4, -0.2) is 6.71 Å². The summed E-state index contributed by atoms with van der Waals surface area (Å²) in [6.07, 6.45) is 0. The van der Waals surface area contributed by atoms with Crippen LogP contribution in [0.2, 0.25) is 0 Å². The Hall–Kier alpha value is -9.70. The molecule has 0 amide bonds. The van der Waals surface area contributed by atoms with Crippen molar-refractivity contribution in [2.75, 3.05) is 9.80 Å². The van der Waals surface area contributed by atoms with E-state index in [-0.39, 0.29) is 17.5 Å². The van der Waals surface area contributed by atoms with Gasteiger partial charge < -0.3 is 9.80 Å². The molecule has 12 aromatic rings. The lowest BCUT2D eigenvalue weighted by Crippen LogP contribution is -2.61. The zero-order chi connectivity index (χ0) is 56.9. The molecule has 0 saturated heterocycles. The van der Waals surface area contributed by atoms with Crippen LogP contribution >= 0.6 is 0 Å². The second kappa shape index (κ2) is 19.7. The SMILES string of the molecule is CC(C)(C)c1cc(-c2ccccc2)c(N2c3ccccc3B3c4ccc(-c5cccc6c5C(c5ccccc5)(c5ccccc5)c5ccccc5-6)cc4N(c4ccccc4-c4ccccc4)c4cc(C(C)(C)C)cc2c43)c(-c2ccccc2)c1. The number of fused-ring (bicyclic) bond motifs is 7. The highest BCUT2D eigenvalue weighted by atomic mass is 15.2. The fourth-order valence-electron chi connectivity index (χ4n) is 14.3. The molecule has 402 valence electrons. The zero-order valence-electron chi connectivity index (χ0n) is 48.6. The lowest BCUT2D eigenvalue weighted by molar-refractivity contribution is 0.590. The minimum atomic E-state index is -0.586. The quantitative estimate of drug-likeness (QED) is 0.140. The van der Waals surface area contributed by atoms with Gasteiger partial charge in [-0.15, -0.1) is 0 Å². The van der Waals surface area contributed by atoms with Crippen LogP contribution in [0.4, 0.5) is 34.1 Å². The highest BCUT2D eigenvalue weighted by molar-refractivity contribution is 7.00. The first kappa shape index (κ1) is 51.2. The maximum absolute atomic E-state index is 2.66. The average molecular weight is 1080 g/mol. The molecule has 2 aliphatic heterocycles. The third-order valence-electron chi connectivity index (χ3n) is 18.2. The van der Waals surface area contributed by atoms with Crippen molar-refractivity contribution in [3.05, 3.63) is 318 Å². The summed E-state index contributed by atoms with van der Waals surface area (Å²) < 4.78 is 0. The Labute approximate surface area is 496 Å². The molecule has 0 aromatic heterocycles. The maximum Gasteiger partial charge on any atom is 0.252 e.